The van der Waals surface area contributed by atoms with Crippen molar-refractivity contribution in [1.82, 2.24) is 9.78 Å². The molecular formula is C25H27BrN2O4. The molecule has 1 aliphatic carbocycles. The second-order valence-corrected chi connectivity index (χ2v) is 9.23. The van der Waals surface area contributed by atoms with E-state index in [0.717, 1.165) is 40.0 Å². The van der Waals surface area contributed by atoms with Gasteiger partial charge in [-0.1, -0.05) is 24.3 Å². The molecule has 1 heterocycles. The summed E-state index contributed by atoms with van der Waals surface area (Å²) in [5.74, 6) is 0.431. The van der Waals surface area contributed by atoms with Gasteiger partial charge in [0.2, 0.25) is 0 Å². The highest BCUT2D eigenvalue weighted by Gasteiger charge is 2.30. The number of esters is 1. The first-order valence-electron chi connectivity index (χ1n) is 10.7. The molecule has 0 radical (unpaired) electrons. The number of para-hydroxylation sites is 1. The molecule has 0 saturated heterocycles. The lowest BCUT2D eigenvalue weighted by Crippen LogP contribution is -2.35. The van der Waals surface area contributed by atoms with Gasteiger partial charge in [0, 0.05) is 10.0 Å². The lowest BCUT2D eigenvalue weighted by atomic mass is 9.96. The fourth-order valence-electron chi connectivity index (χ4n) is 3.48. The number of nitrogens with zero attached hydrogens (tertiary/aromatic N) is 2. The molecule has 1 saturated carbocycles. The molecular weight excluding hydrogens is 472 g/mol. The fourth-order valence-corrected chi connectivity index (χ4v) is 3.94. The number of carbonyl (C=O) groups is 1. The Morgan fingerprint density at radius 2 is 1.94 bits per heavy atom. The molecule has 0 amide bonds. The van der Waals surface area contributed by atoms with Crippen molar-refractivity contribution in [2.24, 2.45) is 0 Å². The lowest BCUT2D eigenvalue weighted by molar-refractivity contribution is -0.166. The van der Waals surface area contributed by atoms with Crippen LogP contribution in [0.5, 0.6) is 5.75 Å². The topological polar surface area (TPSA) is 62.6 Å². The lowest BCUT2D eigenvalue weighted by Gasteiger charge is -2.26. The maximum atomic E-state index is 12.0. The van der Waals surface area contributed by atoms with Gasteiger partial charge in [0.25, 0.3) is 0 Å². The van der Waals surface area contributed by atoms with Gasteiger partial charge in [-0.05, 0) is 79.4 Å². The van der Waals surface area contributed by atoms with Gasteiger partial charge >= 0.3 is 5.97 Å². The summed E-state index contributed by atoms with van der Waals surface area (Å²) in [6.45, 7) is 3.54. The smallest absolute Gasteiger partial charge is 0.337 e. The Hall–Kier alpha value is -2.64. The average molecular weight is 499 g/mol. The molecule has 1 fully saturated rings. The monoisotopic (exact) mass is 498 g/mol. The Kier molecular flexibility index (Phi) is 6.67. The van der Waals surface area contributed by atoms with Gasteiger partial charge in [0.15, 0.2) is 5.60 Å². The number of aromatic nitrogens is 2. The van der Waals surface area contributed by atoms with Crippen molar-refractivity contribution in [2.45, 2.75) is 51.4 Å². The number of methoxy groups -OCH3 is 1. The van der Waals surface area contributed by atoms with Crippen molar-refractivity contribution in [3.8, 4) is 22.7 Å². The molecule has 2 aromatic carbocycles. The summed E-state index contributed by atoms with van der Waals surface area (Å²) in [7, 11) is 1.35. The van der Waals surface area contributed by atoms with Crippen molar-refractivity contribution in [1.29, 1.82) is 0 Å². The molecule has 6 nitrogen and oxygen atoms in total. The molecule has 1 aromatic heterocycles. The molecule has 32 heavy (non-hydrogen) atoms. The van der Waals surface area contributed by atoms with Crippen molar-refractivity contribution in [2.75, 3.05) is 7.11 Å². The van der Waals surface area contributed by atoms with E-state index in [1.807, 2.05) is 59.3 Å². The van der Waals surface area contributed by atoms with Crippen molar-refractivity contribution < 1.29 is 19.0 Å². The maximum absolute atomic E-state index is 12.0. The van der Waals surface area contributed by atoms with Crippen LogP contribution in [0.25, 0.3) is 16.9 Å². The van der Waals surface area contributed by atoms with E-state index in [9.17, 15) is 4.79 Å². The number of benzene rings is 2. The Morgan fingerprint density at radius 3 is 2.62 bits per heavy atom. The van der Waals surface area contributed by atoms with Gasteiger partial charge in [0.05, 0.1) is 36.9 Å². The maximum Gasteiger partial charge on any atom is 0.337 e. The van der Waals surface area contributed by atoms with Gasteiger partial charge < -0.3 is 14.2 Å². The van der Waals surface area contributed by atoms with E-state index in [4.69, 9.17) is 19.3 Å². The molecule has 3 aromatic rings. The van der Waals surface area contributed by atoms with E-state index >= 15 is 0 Å². The highest BCUT2D eigenvalue weighted by molar-refractivity contribution is 9.10. The van der Waals surface area contributed by atoms with E-state index in [0.29, 0.717) is 11.8 Å². The van der Waals surface area contributed by atoms with Gasteiger partial charge in [-0.2, -0.15) is 5.10 Å². The number of hydrogen-bond acceptors (Lipinski definition) is 5. The highest BCUT2D eigenvalue weighted by atomic mass is 79.9. The quantitative estimate of drug-likeness (QED) is 0.372. The molecule has 0 spiro atoms. The van der Waals surface area contributed by atoms with Gasteiger partial charge in [-0.15, -0.1) is 0 Å². The minimum atomic E-state index is -1.07. The molecule has 0 bridgehead atoms. The number of rotatable bonds is 8. The third-order valence-corrected chi connectivity index (χ3v) is 6.25. The minimum absolute atomic E-state index is 0.171. The molecule has 0 atom stereocenters. The zero-order chi connectivity index (χ0) is 22.7. The first-order chi connectivity index (χ1) is 15.4. The van der Waals surface area contributed by atoms with Crippen LogP contribution in [-0.2, 0) is 20.9 Å². The Morgan fingerprint density at radius 1 is 1.16 bits per heavy atom. The van der Waals surface area contributed by atoms with E-state index in [1.54, 1.807) is 13.8 Å². The van der Waals surface area contributed by atoms with Crippen molar-refractivity contribution >= 4 is 21.9 Å². The predicted molar refractivity (Wildman–Crippen MR) is 126 cm³/mol. The molecule has 0 N–H and O–H groups in total. The van der Waals surface area contributed by atoms with Crippen LogP contribution in [0.1, 0.15) is 38.8 Å². The van der Waals surface area contributed by atoms with Crippen LogP contribution in [0.3, 0.4) is 0 Å². The molecule has 0 aliphatic heterocycles. The van der Waals surface area contributed by atoms with Crippen LogP contribution < -0.4 is 4.74 Å². The first kappa shape index (κ1) is 22.6. The number of ether oxygens (including phenoxy) is 3. The van der Waals surface area contributed by atoms with E-state index < -0.39 is 11.6 Å². The summed E-state index contributed by atoms with van der Waals surface area (Å²) < 4.78 is 19.6. The molecule has 168 valence electrons. The number of halogens is 1. The van der Waals surface area contributed by atoms with Crippen LogP contribution in [0, 0.1) is 0 Å². The second-order valence-electron chi connectivity index (χ2n) is 8.37. The van der Waals surface area contributed by atoms with Crippen LogP contribution in [0.15, 0.2) is 59.1 Å². The Bertz CT molecular complexity index is 1100. The Labute approximate surface area is 196 Å². The van der Waals surface area contributed by atoms with E-state index in [1.165, 1.54) is 13.5 Å². The molecule has 4 rings (SSSR count). The van der Waals surface area contributed by atoms with Crippen molar-refractivity contribution in [3.63, 3.8) is 0 Å². The van der Waals surface area contributed by atoms with Crippen LogP contribution >= 0.6 is 15.9 Å². The van der Waals surface area contributed by atoms with Gasteiger partial charge in [-0.25, -0.2) is 9.48 Å². The predicted octanol–water partition coefficient (Wildman–Crippen LogP) is 5.70. The normalized spacial score (nSPS) is 14.1. The molecule has 7 heteroatoms. The summed E-state index contributed by atoms with van der Waals surface area (Å²) in [5, 5.41) is 4.79. The van der Waals surface area contributed by atoms with Crippen LogP contribution in [0.2, 0.25) is 0 Å². The van der Waals surface area contributed by atoms with Crippen LogP contribution in [-0.4, -0.2) is 34.6 Å². The Balaban J connectivity index is 1.68. The van der Waals surface area contributed by atoms with Gasteiger partial charge in [0.1, 0.15) is 5.75 Å². The zero-order valence-electron chi connectivity index (χ0n) is 18.5. The number of hydrogen-bond donors (Lipinski definition) is 0. The van der Waals surface area contributed by atoms with E-state index in [-0.39, 0.29) is 6.61 Å². The van der Waals surface area contributed by atoms with E-state index in [2.05, 4.69) is 15.9 Å². The minimum Gasteiger partial charge on any atom is -0.490 e. The highest BCUT2D eigenvalue weighted by Crippen LogP contribution is 2.32. The zero-order valence-corrected chi connectivity index (χ0v) is 20.1. The fraction of sp³-hybridized carbons (Fsp3) is 0.360. The SMILES string of the molecule is COC(=O)C(C)(C)OCc1cc(-c2cccc(OC3CCC3)c2)n(-c2ccccc2Br)n1. The second kappa shape index (κ2) is 9.46. The average Bonchev–Trinajstić information content (AvgIpc) is 3.19. The first-order valence-corrected chi connectivity index (χ1v) is 11.5. The molecule has 0 unspecified atom stereocenters. The number of carbonyl (C=O) groups excluding carboxylic acids is 1. The van der Waals surface area contributed by atoms with Crippen LogP contribution in [0.4, 0.5) is 0 Å². The third kappa shape index (κ3) is 4.89. The summed E-state index contributed by atoms with van der Waals surface area (Å²) in [6.07, 6.45) is 3.75. The largest absolute Gasteiger partial charge is 0.490 e. The summed E-state index contributed by atoms with van der Waals surface area (Å²) >= 11 is 3.63. The molecule has 1 aliphatic rings. The van der Waals surface area contributed by atoms with Crippen molar-refractivity contribution in [3.05, 3.63) is 64.8 Å². The summed E-state index contributed by atoms with van der Waals surface area (Å²) in [4.78, 5) is 12.0. The summed E-state index contributed by atoms with van der Waals surface area (Å²) in [6, 6.07) is 18.0. The van der Waals surface area contributed by atoms with Gasteiger partial charge in [-0.3, -0.25) is 0 Å². The summed E-state index contributed by atoms with van der Waals surface area (Å²) in [5.41, 5.74) is 2.45. The standard InChI is InChI=1S/C25H27BrN2O4/c1-25(2,24(29)30-3)31-16-18-15-23(28(27-18)22-13-5-4-12-21(22)26)17-8-6-11-20(14-17)32-19-9-7-10-19/h4-6,8,11-15,19H,7,9-10,16H2,1-3H3. The third-order valence-electron chi connectivity index (χ3n) is 5.58.